The summed E-state index contributed by atoms with van der Waals surface area (Å²) in [7, 11) is 0. The summed E-state index contributed by atoms with van der Waals surface area (Å²) in [5.41, 5.74) is 1.61. The van der Waals surface area contributed by atoms with Gasteiger partial charge in [-0.3, -0.25) is 9.67 Å². The van der Waals surface area contributed by atoms with E-state index in [1.165, 1.54) is 36.7 Å². The number of rotatable bonds is 5. The number of nitrogens with zero attached hydrogens (tertiary/aromatic N) is 6. The number of aliphatic hydroxyl groups is 1. The van der Waals surface area contributed by atoms with Crippen LogP contribution in [-0.2, 0) is 12.0 Å². The Morgan fingerprint density at radius 2 is 1.79 bits per heavy atom. The average Bonchev–Trinajstić information content (AvgIpc) is 3.51. The summed E-state index contributed by atoms with van der Waals surface area (Å²) < 4.78 is 68.3. The Kier molecular flexibility index (Phi) is 5.62. The summed E-state index contributed by atoms with van der Waals surface area (Å²) in [6.07, 6.45) is -1.37. The highest BCUT2D eigenvalue weighted by Crippen LogP contribution is 2.69. The molecule has 6 rings (SSSR count). The van der Waals surface area contributed by atoms with Crippen molar-refractivity contribution in [2.75, 3.05) is 0 Å². The second kappa shape index (κ2) is 8.60. The molecule has 2 aliphatic rings. The standard InChI is InChI=1S/C27H23F5N6O/c1-25(2)15-6-8-26(25,24-14(15)10-19(35-36-24)23-16(28)4-3-5-17(23)29)21-12-33-11-20(34-21)18-7-9-38(37-18)13-22(39)27(30,31)32/h3-5,7,9-12,15,22,39H,6,8,13H2,1-2H3/t15-,22-,26-/m0/s1. The molecule has 1 saturated carbocycles. The van der Waals surface area contributed by atoms with E-state index in [2.05, 4.69) is 34.1 Å². The maximum absolute atomic E-state index is 14.5. The van der Waals surface area contributed by atoms with E-state index in [1.54, 1.807) is 12.3 Å². The molecule has 2 bridgehead atoms. The lowest BCUT2D eigenvalue weighted by atomic mass is 9.66. The molecule has 1 aromatic carbocycles. The van der Waals surface area contributed by atoms with Crippen LogP contribution in [0.5, 0.6) is 0 Å². The van der Waals surface area contributed by atoms with Gasteiger partial charge in [-0.2, -0.15) is 23.4 Å². The van der Waals surface area contributed by atoms with E-state index in [4.69, 9.17) is 4.98 Å². The van der Waals surface area contributed by atoms with Crippen LogP contribution >= 0.6 is 0 Å². The Balaban J connectivity index is 1.40. The summed E-state index contributed by atoms with van der Waals surface area (Å²) in [6.45, 7) is 3.44. The van der Waals surface area contributed by atoms with E-state index in [0.29, 0.717) is 29.2 Å². The molecule has 4 aromatic rings. The fraction of sp³-hybridized carbons (Fsp3) is 0.370. The van der Waals surface area contributed by atoms with Crippen LogP contribution in [0, 0.1) is 17.0 Å². The minimum atomic E-state index is -4.76. The molecule has 12 heteroatoms. The second-order valence-corrected chi connectivity index (χ2v) is 10.6. The zero-order chi connectivity index (χ0) is 27.7. The van der Waals surface area contributed by atoms with Gasteiger partial charge in [-0.15, -0.1) is 5.10 Å². The number of hydrogen-bond donors (Lipinski definition) is 1. The molecule has 0 radical (unpaired) electrons. The van der Waals surface area contributed by atoms with Crippen molar-refractivity contribution in [2.24, 2.45) is 5.41 Å². The SMILES string of the molecule is CC1(C)[C@H]2CC[C@]1(c1cncc(-c3ccn(C[C@H](O)C(F)(F)F)n3)n1)c1nnc(-c3c(F)cccc3F)cc12. The lowest BCUT2D eigenvalue weighted by Gasteiger charge is -2.37. The Bertz CT molecular complexity index is 1560. The van der Waals surface area contributed by atoms with Gasteiger partial charge in [0.2, 0.25) is 0 Å². The molecule has 0 aliphatic heterocycles. The third-order valence-electron chi connectivity index (χ3n) is 8.31. The highest BCUT2D eigenvalue weighted by Gasteiger charge is 2.65. The van der Waals surface area contributed by atoms with Crippen molar-refractivity contribution in [1.82, 2.24) is 29.9 Å². The van der Waals surface area contributed by atoms with Gasteiger partial charge in [-0.05, 0) is 54.0 Å². The van der Waals surface area contributed by atoms with Crippen LogP contribution in [0.1, 0.15) is 49.6 Å². The summed E-state index contributed by atoms with van der Waals surface area (Å²) in [5, 5.41) is 22.3. The van der Waals surface area contributed by atoms with E-state index >= 15 is 0 Å². The monoisotopic (exact) mass is 542 g/mol. The highest BCUT2D eigenvalue weighted by atomic mass is 19.4. The molecule has 3 aromatic heterocycles. The quantitative estimate of drug-likeness (QED) is 0.349. The van der Waals surface area contributed by atoms with E-state index in [-0.39, 0.29) is 22.6 Å². The summed E-state index contributed by atoms with van der Waals surface area (Å²) >= 11 is 0. The maximum Gasteiger partial charge on any atom is 0.416 e. The minimum absolute atomic E-state index is 0.0325. The van der Waals surface area contributed by atoms with Gasteiger partial charge in [0.25, 0.3) is 0 Å². The van der Waals surface area contributed by atoms with Gasteiger partial charge >= 0.3 is 6.18 Å². The molecule has 1 N–H and O–H groups in total. The van der Waals surface area contributed by atoms with Crippen molar-refractivity contribution in [3.63, 3.8) is 0 Å². The molecule has 202 valence electrons. The first kappa shape index (κ1) is 25.5. The van der Waals surface area contributed by atoms with Crippen LogP contribution < -0.4 is 0 Å². The number of benzene rings is 1. The number of halogens is 5. The van der Waals surface area contributed by atoms with Crippen molar-refractivity contribution in [1.29, 1.82) is 0 Å². The van der Waals surface area contributed by atoms with E-state index in [1.807, 2.05) is 0 Å². The number of hydrogen-bond acceptors (Lipinski definition) is 6. The van der Waals surface area contributed by atoms with E-state index < -0.39 is 35.9 Å². The molecular formula is C27H23F5N6O. The van der Waals surface area contributed by atoms with Gasteiger partial charge in [0.15, 0.2) is 6.10 Å². The third-order valence-corrected chi connectivity index (χ3v) is 8.31. The Morgan fingerprint density at radius 1 is 1.05 bits per heavy atom. The number of aromatic nitrogens is 6. The van der Waals surface area contributed by atoms with Crippen LogP contribution in [0.4, 0.5) is 22.0 Å². The molecule has 0 spiro atoms. The van der Waals surface area contributed by atoms with Crippen molar-refractivity contribution < 1.29 is 27.1 Å². The van der Waals surface area contributed by atoms with Gasteiger partial charge in [0.05, 0.1) is 40.8 Å². The molecule has 3 atom stereocenters. The lowest BCUT2D eigenvalue weighted by molar-refractivity contribution is -0.208. The molecule has 0 saturated heterocycles. The topological polar surface area (TPSA) is 89.6 Å². The molecule has 0 amide bonds. The van der Waals surface area contributed by atoms with E-state index in [9.17, 15) is 27.1 Å². The summed E-state index contributed by atoms with van der Waals surface area (Å²) in [5.74, 6) is -1.41. The number of fused-ring (bicyclic) bond motifs is 5. The molecule has 7 nitrogen and oxygen atoms in total. The first-order valence-corrected chi connectivity index (χ1v) is 12.4. The van der Waals surface area contributed by atoms with Gasteiger partial charge < -0.3 is 5.11 Å². The molecule has 0 unspecified atom stereocenters. The fourth-order valence-corrected chi connectivity index (χ4v) is 6.33. The largest absolute Gasteiger partial charge is 0.416 e. The van der Waals surface area contributed by atoms with Crippen molar-refractivity contribution in [2.45, 2.75) is 56.8 Å². The highest BCUT2D eigenvalue weighted by molar-refractivity contribution is 5.64. The third kappa shape index (κ3) is 3.75. The van der Waals surface area contributed by atoms with Crippen molar-refractivity contribution in [3.8, 4) is 22.6 Å². The first-order chi connectivity index (χ1) is 18.4. The zero-order valence-corrected chi connectivity index (χ0v) is 20.9. The van der Waals surface area contributed by atoms with Crippen LogP contribution in [0.3, 0.4) is 0 Å². The predicted octanol–water partition coefficient (Wildman–Crippen LogP) is 5.20. The van der Waals surface area contributed by atoms with Crippen LogP contribution in [-0.4, -0.2) is 47.3 Å². The average molecular weight is 543 g/mol. The normalized spacial score (nSPS) is 22.2. The zero-order valence-electron chi connectivity index (χ0n) is 20.9. The fourth-order valence-electron chi connectivity index (χ4n) is 6.33. The predicted molar refractivity (Wildman–Crippen MR) is 129 cm³/mol. The Morgan fingerprint density at radius 3 is 2.51 bits per heavy atom. The van der Waals surface area contributed by atoms with Crippen molar-refractivity contribution >= 4 is 0 Å². The summed E-state index contributed by atoms with van der Waals surface area (Å²) in [6, 6.07) is 6.87. The Hall–Kier alpha value is -3.80. The summed E-state index contributed by atoms with van der Waals surface area (Å²) in [4.78, 5) is 9.19. The number of alkyl halides is 3. The number of aliphatic hydroxyl groups excluding tert-OH is 1. The Labute approximate surface area is 219 Å². The maximum atomic E-state index is 14.5. The molecule has 3 heterocycles. The first-order valence-electron chi connectivity index (χ1n) is 12.4. The molecule has 2 aliphatic carbocycles. The van der Waals surface area contributed by atoms with Crippen molar-refractivity contribution in [3.05, 3.63) is 77.5 Å². The second-order valence-electron chi connectivity index (χ2n) is 10.6. The van der Waals surface area contributed by atoms with Crippen LogP contribution in [0.2, 0.25) is 0 Å². The van der Waals surface area contributed by atoms with Gasteiger partial charge in [0, 0.05) is 12.4 Å². The molecule has 39 heavy (non-hydrogen) atoms. The van der Waals surface area contributed by atoms with E-state index in [0.717, 1.165) is 16.7 Å². The molecular weight excluding hydrogens is 519 g/mol. The lowest BCUT2D eigenvalue weighted by Crippen LogP contribution is -2.38. The van der Waals surface area contributed by atoms with Gasteiger partial charge in [-0.25, -0.2) is 13.8 Å². The van der Waals surface area contributed by atoms with Gasteiger partial charge in [0.1, 0.15) is 23.0 Å². The smallest absolute Gasteiger partial charge is 0.382 e. The molecule has 1 fully saturated rings. The van der Waals surface area contributed by atoms with Crippen LogP contribution in [0.15, 0.2) is 48.9 Å². The van der Waals surface area contributed by atoms with Gasteiger partial charge in [-0.1, -0.05) is 19.9 Å². The van der Waals surface area contributed by atoms with Crippen LogP contribution in [0.25, 0.3) is 22.6 Å². The minimum Gasteiger partial charge on any atom is -0.382 e.